The van der Waals surface area contributed by atoms with E-state index in [0.29, 0.717) is 13.1 Å². The van der Waals surface area contributed by atoms with Crippen LogP contribution in [0, 0.1) is 0 Å². The van der Waals surface area contributed by atoms with E-state index in [9.17, 15) is 9.59 Å². The van der Waals surface area contributed by atoms with Crippen molar-refractivity contribution >= 4 is 11.9 Å². The summed E-state index contributed by atoms with van der Waals surface area (Å²) in [7, 11) is 0. The van der Waals surface area contributed by atoms with Crippen LogP contribution < -0.4 is 16.4 Å². The fourth-order valence-electron chi connectivity index (χ4n) is 1.12. The van der Waals surface area contributed by atoms with Crippen molar-refractivity contribution in [2.45, 2.75) is 39.0 Å². The molecule has 0 aliphatic heterocycles. The lowest BCUT2D eigenvalue weighted by Gasteiger charge is -2.06. The molecule has 0 aliphatic carbocycles. The Morgan fingerprint density at radius 2 is 1.73 bits per heavy atom. The zero-order valence-corrected chi connectivity index (χ0v) is 9.34. The maximum Gasteiger partial charge on any atom is 0.314 e. The second kappa shape index (κ2) is 9.30. The number of urea groups is 1. The van der Waals surface area contributed by atoms with E-state index in [0.717, 1.165) is 12.8 Å². The maximum atomic E-state index is 11.1. The van der Waals surface area contributed by atoms with E-state index >= 15 is 0 Å². The third kappa shape index (κ3) is 10.7. The second-order valence-electron chi connectivity index (χ2n) is 3.46. The highest BCUT2D eigenvalue weighted by molar-refractivity contribution is 5.76. The van der Waals surface area contributed by atoms with E-state index in [1.165, 1.54) is 12.8 Å². The highest BCUT2D eigenvalue weighted by Crippen LogP contribution is 1.96. The van der Waals surface area contributed by atoms with E-state index in [1.54, 1.807) is 0 Å². The minimum atomic E-state index is -0.404. The number of hydrogen-bond donors (Lipinski definition) is 3. The Kier molecular flexibility index (Phi) is 8.52. The second-order valence-corrected chi connectivity index (χ2v) is 3.46. The molecule has 0 aromatic rings. The van der Waals surface area contributed by atoms with E-state index in [4.69, 9.17) is 5.73 Å². The van der Waals surface area contributed by atoms with Gasteiger partial charge in [-0.3, -0.25) is 4.79 Å². The predicted octanol–water partition coefficient (Wildman–Crippen LogP) is 0.741. The van der Waals surface area contributed by atoms with Crippen LogP contribution in [0.4, 0.5) is 4.79 Å². The molecule has 0 aromatic heterocycles. The van der Waals surface area contributed by atoms with Crippen molar-refractivity contribution in [1.82, 2.24) is 10.6 Å². The van der Waals surface area contributed by atoms with Crippen molar-refractivity contribution in [1.29, 1.82) is 0 Å². The number of rotatable bonds is 8. The van der Waals surface area contributed by atoms with Gasteiger partial charge >= 0.3 is 6.03 Å². The Balaban J connectivity index is 3.22. The molecule has 0 heterocycles. The largest absolute Gasteiger partial charge is 0.370 e. The number of hydrogen-bond acceptors (Lipinski definition) is 2. The first-order chi connectivity index (χ1) is 7.16. The quantitative estimate of drug-likeness (QED) is 0.522. The molecule has 0 fully saturated rings. The topological polar surface area (TPSA) is 84.2 Å². The summed E-state index contributed by atoms with van der Waals surface area (Å²) in [6.07, 6.45) is 4.70. The van der Waals surface area contributed by atoms with Gasteiger partial charge in [-0.05, 0) is 6.42 Å². The van der Waals surface area contributed by atoms with Crippen molar-refractivity contribution in [3.8, 4) is 0 Å². The van der Waals surface area contributed by atoms with Crippen LogP contribution in [0.2, 0.25) is 0 Å². The van der Waals surface area contributed by atoms with Gasteiger partial charge in [0.2, 0.25) is 5.91 Å². The number of amides is 3. The molecular weight excluding hydrogens is 194 g/mol. The monoisotopic (exact) mass is 215 g/mol. The first-order valence-corrected chi connectivity index (χ1v) is 5.46. The Hall–Kier alpha value is -1.26. The van der Waals surface area contributed by atoms with E-state index < -0.39 is 5.91 Å². The van der Waals surface area contributed by atoms with Crippen LogP contribution in [-0.2, 0) is 4.79 Å². The van der Waals surface area contributed by atoms with E-state index in [2.05, 4.69) is 17.6 Å². The third-order valence-corrected chi connectivity index (χ3v) is 1.97. The summed E-state index contributed by atoms with van der Waals surface area (Å²) in [5, 5.41) is 5.27. The number of nitrogens with two attached hydrogens (primary N) is 1. The Morgan fingerprint density at radius 3 is 2.33 bits per heavy atom. The molecule has 88 valence electrons. The standard InChI is InChI=1S/C10H21N3O2/c1-2-3-4-5-7-12-10(15)13-8-6-9(11)14/h2-8H2,1H3,(H2,11,14)(H2,12,13,15). The Morgan fingerprint density at radius 1 is 1.07 bits per heavy atom. The first kappa shape index (κ1) is 13.7. The lowest BCUT2D eigenvalue weighted by molar-refractivity contribution is -0.117. The van der Waals surface area contributed by atoms with Crippen LogP contribution in [0.25, 0.3) is 0 Å². The van der Waals surface area contributed by atoms with Gasteiger partial charge in [-0.1, -0.05) is 26.2 Å². The van der Waals surface area contributed by atoms with Gasteiger partial charge in [-0.25, -0.2) is 4.79 Å². The highest BCUT2D eigenvalue weighted by atomic mass is 16.2. The highest BCUT2D eigenvalue weighted by Gasteiger charge is 1.99. The van der Waals surface area contributed by atoms with Crippen molar-refractivity contribution < 1.29 is 9.59 Å². The minimum absolute atomic E-state index is 0.184. The smallest absolute Gasteiger partial charge is 0.314 e. The van der Waals surface area contributed by atoms with Crippen molar-refractivity contribution in [3.63, 3.8) is 0 Å². The summed E-state index contributed by atoms with van der Waals surface area (Å²) >= 11 is 0. The summed E-state index contributed by atoms with van der Waals surface area (Å²) in [4.78, 5) is 21.4. The number of unbranched alkanes of at least 4 members (excludes halogenated alkanes) is 3. The Bertz CT molecular complexity index is 195. The summed E-state index contributed by atoms with van der Waals surface area (Å²) in [5.41, 5.74) is 4.92. The summed E-state index contributed by atoms with van der Waals surface area (Å²) in [6, 6.07) is -0.229. The predicted molar refractivity (Wildman–Crippen MR) is 59.4 cm³/mol. The van der Waals surface area contributed by atoms with Crippen molar-refractivity contribution in [3.05, 3.63) is 0 Å². The fraction of sp³-hybridized carbons (Fsp3) is 0.800. The number of nitrogens with one attached hydrogen (secondary N) is 2. The number of carbonyl (C=O) groups is 2. The van der Waals surface area contributed by atoms with Crippen LogP contribution in [0.1, 0.15) is 39.0 Å². The molecular formula is C10H21N3O2. The van der Waals surface area contributed by atoms with Gasteiger partial charge in [0.1, 0.15) is 0 Å². The van der Waals surface area contributed by atoms with Crippen LogP contribution >= 0.6 is 0 Å². The van der Waals surface area contributed by atoms with Gasteiger partial charge in [-0.15, -0.1) is 0 Å². The fourth-order valence-corrected chi connectivity index (χ4v) is 1.12. The van der Waals surface area contributed by atoms with Crippen LogP contribution in [0.3, 0.4) is 0 Å². The van der Waals surface area contributed by atoms with Gasteiger partial charge in [-0.2, -0.15) is 0 Å². The summed E-state index contributed by atoms with van der Waals surface area (Å²) < 4.78 is 0. The maximum absolute atomic E-state index is 11.1. The van der Waals surface area contributed by atoms with Gasteiger partial charge in [0.25, 0.3) is 0 Å². The number of primary amides is 1. The average molecular weight is 215 g/mol. The van der Waals surface area contributed by atoms with E-state index in [-0.39, 0.29) is 12.5 Å². The molecule has 15 heavy (non-hydrogen) atoms. The normalized spacial score (nSPS) is 9.67. The van der Waals surface area contributed by atoms with Crippen LogP contribution in [0.5, 0.6) is 0 Å². The molecule has 3 amide bonds. The van der Waals surface area contributed by atoms with Gasteiger partial charge in [0, 0.05) is 19.5 Å². The SMILES string of the molecule is CCCCCCNC(=O)NCCC(N)=O. The van der Waals surface area contributed by atoms with E-state index in [1.807, 2.05) is 0 Å². The molecule has 0 aliphatic rings. The first-order valence-electron chi connectivity index (χ1n) is 5.46. The molecule has 0 atom stereocenters. The molecule has 0 rings (SSSR count). The lowest BCUT2D eigenvalue weighted by Crippen LogP contribution is -2.37. The summed E-state index contributed by atoms with van der Waals surface area (Å²) in [5.74, 6) is -0.404. The zero-order valence-electron chi connectivity index (χ0n) is 9.34. The molecule has 0 spiro atoms. The molecule has 0 saturated carbocycles. The average Bonchev–Trinajstić information content (AvgIpc) is 2.17. The molecule has 0 aromatic carbocycles. The molecule has 0 saturated heterocycles. The van der Waals surface area contributed by atoms with Gasteiger partial charge in [0.15, 0.2) is 0 Å². The van der Waals surface area contributed by atoms with Crippen molar-refractivity contribution in [2.24, 2.45) is 5.73 Å². The summed E-state index contributed by atoms with van der Waals surface area (Å²) in [6.45, 7) is 3.13. The zero-order chi connectivity index (χ0) is 11.5. The van der Waals surface area contributed by atoms with Crippen LogP contribution in [-0.4, -0.2) is 25.0 Å². The molecule has 0 radical (unpaired) electrons. The molecule has 0 bridgehead atoms. The molecule has 0 unspecified atom stereocenters. The van der Waals surface area contributed by atoms with Crippen molar-refractivity contribution in [2.75, 3.05) is 13.1 Å². The molecule has 5 heteroatoms. The van der Waals surface area contributed by atoms with Crippen LogP contribution in [0.15, 0.2) is 0 Å². The van der Waals surface area contributed by atoms with Gasteiger partial charge in [0.05, 0.1) is 0 Å². The Labute approximate surface area is 90.8 Å². The minimum Gasteiger partial charge on any atom is -0.370 e. The molecule has 4 N–H and O–H groups in total. The number of carbonyl (C=O) groups excluding carboxylic acids is 2. The third-order valence-electron chi connectivity index (χ3n) is 1.97. The molecule has 5 nitrogen and oxygen atoms in total. The lowest BCUT2D eigenvalue weighted by atomic mass is 10.2. The van der Waals surface area contributed by atoms with Gasteiger partial charge < -0.3 is 16.4 Å².